The number of benzene rings is 1. The zero-order valence-electron chi connectivity index (χ0n) is 12.3. The first-order chi connectivity index (χ1) is 9.10. The molecular formula is C15H24ClNO2. The Morgan fingerprint density at radius 3 is 2.47 bits per heavy atom. The fraction of sp³-hybridized carbons (Fsp3) is 0.600. The molecule has 1 aromatic rings. The van der Waals surface area contributed by atoms with Crippen LogP contribution in [0.25, 0.3) is 0 Å². The molecule has 0 aliphatic heterocycles. The molecule has 108 valence electrons. The van der Waals surface area contributed by atoms with Crippen LogP contribution in [0.3, 0.4) is 0 Å². The molecule has 0 aromatic heterocycles. The Morgan fingerprint density at radius 1 is 1.16 bits per heavy atom. The summed E-state index contributed by atoms with van der Waals surface area (Å²) in [7, 11) is 3.23. The summed E-state index contributed by atoms with van der Waals surface area (Å²) < 4.78 is 10.5. The molecule has 0 bridgehead atoms. The van der Waals surface area contributed by atoms with E-state index in [1.54, 1.807) is 14.2 Å². The van der Waals surface area contributed by atoms with Crippen molar-refractivity contribution in [3.63, 3.8) is 0 Å². The summed E-state index contributed by atoms with van der Waals surface area (Å²) in [5.74, 6) is 1.31. The summed E-state index contributed by atoms with van der Waals surface area (Å²) in [5.41, 5.74) is 1.11. The SMILES string of the molecule is COc1ccc(CCCCNC(C)C)c(Cl)c1OC. The van der Waals surface area contributed by atoms with Gasteiger partial charge in [-0.05, 0) is 37.4 Å². The van der Waals surface area contributed by atoms with Gasteiger partial charge in [0.25, 0.3) is 0 Å². The van der Waals surface area contributed by atoms with Crippen LogP contribution in [0.2, 0.25) is 5.02 Å². The van der Waals surface area contributed by atoms with E-state index >= 15 is 0 Å². The van der Waals surface area contributed by atoms with Gasteiger partial charge in [0.2, 0.25) is 0 Å². The maximum atomic E-state index is 6.34. The van der Waals surface area contributed by atoms with Crippen molar-refractivity contribution >= 4 is 11.6 Å². The Labute approximate surface area is 121 Å². The molecule has 0 aliphatic rings. The van der Waals surface area contributed by atoms with Gasteiger partial charge in [0.1, 0.15) is 0 Å². The van der Waals surface area contributed by atoms with E-state index in [1.807, 2.05) is 12.1 Å². The van der Waals surface area contributed by atoms with E-state index in [4.69, 9.17) is 21.1 Å². The lowest BCUT2D eigenvalue weighted by atomic mass is 10.1. The fourth-order valence-electron chi connectivity index (χ4n) is 1.95. The predicted octanol–water partition coefficient (Wildman–Crippen LogP) is 3.68. The average molecular weight is 286 g/mol. The van der Waals surface area contributed by atoms with E-state index in [0.717, 1.165) is 31.4 Å². The van der Waals surface area contributed by atoms with E-state index < -0.39 is 0 Å². The molecule has 4 heteroatoms. The highest BCUT2D eigenvalue weighted by Gasteiger charge is 2.12. The highest BCUT2D eigenvalue weighted by Crippen LogP contribution is 2.37. The second kappa shape index (κ2) is 8.28. The number of methoxy groups -OCH3 is 2. The number of halogens is 1. The zero-order valence-corrected chi connectivity index (χ0v) is 13.0. The van der Waals surface area contributed by atoms with Crippen molar-refractivity contribution in [2.24, 2.45) is 0 Å². The van der Waals surface area contributed by atoms with Gasteiger partial charge in [-0.25, -0.2) is 0 Å². The molecule has 0 atom stereocenters. The van der Waals surface area contributed by atoms with Crippen molar-refractivity contribution in [2.75, 3.05) is 20.8 Å². The Balaban J connectivity index is 2.55. The lowest BCUT2D eigenvalue weighted by Gasteiger charge is -2.13. The first-order valence-corrected chi connectivity index (χ1v) is 7.10. The molecule has 0 saturated carbocycles. The van der Waals surface area contributed by atoms with Crippen molar-refractivity contribution < 1.29 is 9.47 Å². The van der Waals surface area contributed by atoms with Crippen LogP contribution in [0.1, 0.15) is 32.3 Å². The van der Waals surface area contributed by atoms with Crippen LogP contribution in [-0.4, -0.2) is 26.8 Å². The standard InChI is InChI=1S/C15H24ClNO2/c1-11(2)17-10-6-5-7-12-8-9-13(18-3)15(19-4)14(12)16/h8-9,11,17H,5-7,10H2,1-4H3. The molecule has 1 rings (SSSR count). The van der Waals surface area contributed by atoms with Gasteiger partial charge in [-0.1, -0.05) is 31.5 Å². The van der Waals surface area contributed by atoms with Crippen molar-refractivity contribution in [2.45, 2.75) is 39.2 Å². The number of ether oxygens (including phenoxy) is 2. The number of aryl methyl sites for hydroxylation is 1. The Bertz CT molecular complexity index is 394. The van der Waals surface area contributed by atoms with Crippen LogP contribution in [0.5, 0.6) is 11.5 Å². The molecule has 0 radical (unpaired) electrons. The van der Waals surface area contributed by atoms with E-state index in [-0.39, 0.29) is 0 Å². The second-order valence-corrected chi connectivity index (χ2v) is 5.22. The molecule has 0 fully saturated rings. The van der Waals surface area contributed by atoms with Gasteiger partial charge < -0.3 is 14.8 Å². The number of unbranched alkanes of at least 4 members (excludes halogenated alkanes) is 1. The minimum atomic E-state index is 0.546. The van der Waals surface area contributed by atoms with Gasteiger partial charge in [0.05, 0.1) is 19.2 Å². The maximum Gasteiger partial charge on any atom is 0.179 e. The summed E-state index contributed by atoms with van der Waals surface area (Å²) in [5, 5.41) is 4.07. The molecule has 0 aliphatic carbocycles. The molecular weight excluding hydrogens is 262 g/mol. The van der Waals surface area contributed by atoms with E-state index in [9.17, 15) is 0 Å². The summed E-state index contributed by atoms with van der Waals surface area (Å²) in [4.78, 5) is 0. The van der Waals surface area contributed by atoms with Crippen LogP contribution < -0.4 is 14.8 Å². The Morgan fingerprint density at radius 2 is 1.89 bits per heavy atom. The summed E-state index contributed by atoms with van der Waals surface area (Å²) in [6, 6.07) is 4.47. The second-order valence-electron chi connectivity index (χ2n) is 4.84. The van der Waals surface area contributed by atoms with Crippen molar-refractivity contribution in [1.29, 1.82) is 0 Å². The third kappa shape index (κ3) is 4.92. The summed E-state index contributed by atoms with van der Waals surface area (Å²) in [6.07, 6.45) is 3.21. The minimum absolute atomic E-state index is 0.546. The third-order valence-electron chi connectivity index (χ3n) is 2.99. The van der Waals surface area contributed by atoms with Gasteiger partial charge in [0, 0.05) is 6.04 Å². The van der Waals surface area contributed by atoms with Crippen molar-refractivity contribution in [3.05, 3.63) is 22.7 Å². The van der Waals surface area contributed by atoms with Crippen molar-refractivity contribution in [1.82, 2.24) is 5.32 Å². The molecule has 1 aromatic carbocycles. The van der Waals surface area contributed by atoms with Gasteiger partial charge in [-0.2, -0.15) is 0 Å². The molecule has 0 heterocycles. The monoisotopic (exact) mass is 285 g/mol. The molecule has 0 saturated heterocycles. The number of hydrogen-bond donors (Lipinski definition) is 1. The highest BCUT2D eigenvalue weighted by molar-refractivity contribution is 6.33. The lowest BCUT2D eigenvalue weighted by molar-refractivity contribution is 0.354. The lowest BCUT2D eigenvalue weighted by Crippen LogP contribution is -2.23. The highest BCUT2D eigenvalue weighted by atomic mass is 35.5. The first-order valence-electron chi connectivity index (χ1n) is 6.72. The molecule has 19 heavy (non-hydrogen) atoms. The number of rotatable bonds is 8. The van der Waals surface area contributed by atoms with Crippen LogP contribution in [-0.2, 0) is 6.42 Å². The van der Waals surface area contributed by atoms with E-state index in [0.29, 0.717) is 22.6 Å². The Kier molecular flexibility index (Phi) is 7.03. The molecule has 1 N–H and O–H groups in total. The summed E-state index contributed by atoms with van der Waals surface area (Å²) in [6.45, 7) is 5.36. The van der Waals surface area contributed by atoms with E-state index in [1.165, 1.54) is 0 Å². The van der Waals surface area contributed by atoms with Crippen LogP contribution in [0.4, 0.5) is 0 Å². The van der Waals surface area contributed by atoms with E-state index in [2.05, 4.69) is 19.2 Å². The smallest absolute Gasteiger partial charge is 0.179 e. The minimum Gasteiger partial charge on any atom is -0.493 e. The van der Waals surface area contributed by atoms with Gasteiger partial charge >= 0.3 is 0 Å². The third-order valence-corrected chi connectivity index (χ3v) is 3.40. The predicted molar refractivity (Wildman–Crippen MR) is 80.6 cm³/mol. The van der Waals surface area contributed by atoms with Crippen molar-refractivity contribution in [3.8, 4) is 11.5 Å². The molecule has 0 amide bonds. The topological polar surface area (TPSA) is 30.5 Å². The Hall–Kier alpha value is -0.930. The number of nitrogens with one attached hydrogen (secondary N) is 1. The largest absolute Gasteiger partial charge is 0.493 e. The van der Waals surface area contributed by atoms with Gasteiger partial charge in [-0.3, -0.25) is 0 Å². The van der Waals surface area contributed by atoms with Gasteiger partial charge in [0.15, 0.2) is 11.5 Å². The molecule has 0 spiro atoms. The van der Waals surface area contributed by atoms with Gasteiger partial charge in [-0.15, -0.1) is 0 Å². The normalized spacial score (nSPS) is 10.8. The van der Waals surface area contributed by atoms with Crippen LogP contribution in [0.15, 0.2) is 12.1 Å². The quantitative estimate of drug-likeness (QED) is 0.739. The number of hydrogen-bond acceptors (Lipinski definition) is 3. The molecule has 3 nitrogen and oxygen atoms in total. The summed E-state index contributed by atoms with van der Waals surface area (Å²) >= 11 is 6.34. The zero-order chi connectivity index (χ0) is 14.3. The van der Waals surface area contributed by atoms with Crippen LogP contribution in [0, 0.1) is 0 Å². The van der Waals surface area contributed by atoms with Crippen LogP contribution >= 0.6 is 11.6 Å². The maximum absolute atomic E-state index is 6.34. The molecule has 0 unspecified atom stereocenters. The fourth-order valence-corrected chi connectivity index (χ4v) is 2.28. The average Bonchev–Trinajstić information content (AvgIpc) is 2.39. The first kappa shape index (κ1) is 16.1.